The number of nitrogens with zero attached hydrogens (tertiary/aromatic N) is 2. The van der Waals surface area contributed by atoms with E-state index in [1.54, 1.807) is 0 Å². The van der Waals surface area contributed by atoms with Gasteiger partial charge in [-0.1, -0.05) is 13.8 Å². The second-order valence-corrected chi connectivity index (χ2v) is 6.99. The average Bonchev–Trinajstić information content (AvgIpc) is 2.48. The Morgan fingerprint density at radius 3 is 2.47 bits per heavy atom. The molecular formula is C15H20N2OS. The van der Waals surface area contributed by atoms with Gasteiger partial charge in [0.05, 0.1) is 16.4 Å². The molecule has 1 aliphatic rings. The molecule has 0 bridgehead atoms. The molecule has 102 valence electrons. The first-order valence-corrected chi connectivity index (χ1v) is 8.10. The summed E-state index contributed by atoms with van der Waals surface area (Å²) in [5, 5.41) is 8.83. The monoisotopic (exact) mass is 276 g/mol. The lowest BCUT2D eigenvalue weighted by atomic mass is 10.0. The van der Waals surface area contributed by atoms with Crippen LogP contribution < -0.4 is 4.90 Å². The molecule has 2 rings (SSSR count). The summed E-state index contributed by atoms with van der Waals surface area (Å²) in [5.74, 6) is 0.738. The topological polar surface area (TPSA) is 44.1 Å². The number of hydrogen-bond acceptors (Lipinski definition) is 3. The van der Waals surface area contributed by atoms with Crippen LogP contribution in [0, 0.1) is 11.3 Å². The van der Waals surface area contributed by atoms with Gasteiger partial charge in [-0.05, 0) is 37.1 Å². The summed E-state index contributed by atoms with van der Waals surface area (Å²) in [7, 11) is -0.731. The fourth-order valence-electron chi connectivity index (χ4n) is 2.67. The van der Waals surface area contributed by atoms with Crippen molar-refractivity contribution in [3.8, 4) is 6.07 Å². The van der Waals surface area contributed by atoms with Crippen molar-refractivity contribution in [3.63, 3.8) is 0 Å². The quantitative estimate of drug-likeness (QED) is 0.852. The van der Waals surface area contributed by atoms with E-state index >= 15 is 0 Å². The summed E-state index contributed by atoms with van der Waals surface area (Å²) in [6, 6.07) is 9.81. The molecule has 1 fully saturated rings. The van der Waals surface area contributed by atoms with E-state index in [4.69, 9.17) is 5.26 Å². The third-order valence-electron chi connectivity index (χ3n) is 4.16. The second kappa shape index (κ2) is 5.75. The molecular weight excluding hydrogens is 256 g/mol. The van der Waals surface area contributed by atoms with Gasteiger partial charge in [-0.2, -0.15) is 5.26 Å². The minimum Gasteiger partial charge on any atom is -0.369 e. The van der Waals surface area contributed by atoms with Crippen LogP contribution in [0.15, 0.2) is 24.3 Å². The molecule has 0 N–H and O–H groups in total. The minimum absolute atomic E-state index is 0.0772. The van der Waals surface area contributed by atoms with Crippen LogP contribution in [-0.4, -0.2) is 27.8 Å². The predicted molar refractivity (Wildman–Crippen MR) is 79.7 cm³/mol. The minimum atomic E-state index is -0.731. The summed E-state index contributed by atoms with van der Waals surface area (Å²) < 4.78 is 12.2. The van der Waals surface area contributed by atoms with E-state index in [9.17, 15) is 4.21 Å². The van der Waals surface area contributed by atoms with Crippen molar-refractivity contribution in [2.75, 3.05) is 23.7 Å². The summed E-state index contributed by atoms with van der Waals surface area (Å²) in [4.78, 5) is 2.30. The van der Waals surface area contributed by atoms with Crippen LogP contribution in [0.5, 0.6) is 0 Å². The highest BCUT2D eigenvalue weighted by atomic mass is 32.2. The van der Waals surface area contributed by atoms with Crippen molar-refractivity contribution in [2.24, 2.45) is 0 Å². The Kier molecular flexibility index (Phi) is 4.26. The largest absolute Gasteiger partial charge is 0.369 e. The van der Waals surface area contributed by atoms with E-state index in [0.717, 1.165) is 37.4 Å². The molecule has 1 aromatic carbocycles. The van der Waals surface area contributed by atoms with Gasteiger partial charge in [-0.25, -0.2) is 0 Å². The van der Waals surface area contributed by atoms with Crippen molar-refractivity contribution in [1.29, 1.82) is 5.26 Å². The highest BCUT2D eigenvalue weighted by molar-refractivity contribution is 7.86. The molecule has 4 heteroatoms. The number of anilines is 1. The Bertz CT molecular complexity index is 500. The lowest BCUT2D eigenvalue weighted by Crippen LogP contribution is -2.53. The van der Waals surface area contributed by atoms with Crippen LogP contribution >= 0.6 is 0 Å². The molecule has 0 radical (unpaired) electrons. The van der Waals surface area contributed by atoms with Crippen LogP contribution in [0.25, 0.3) is 0 Å². The fourth-order valence-corrected chi connectivity index (χ4v) is 4.43. The summed E-state index contributed by atoms with van der Waals surface area (Å²) >= 11 is 0. The van der Waals surface area contributed by atoms with Crippen molar-refractivity contribution in [2.45, 2.75) is 31.4 Å². The van der Waals surface area contributed by atoms with Gasteiger partial charge in [-0.15, -0.1) is 0 Å². The maximum Gasteiger partial charge on any atom is 0.0991 e. The van der Waals surface area contributed by atoms with E-state index in [1.807, 2.05) is 24.3 Å². The molecule has 0 aliphatic carbocycles. The van der Waals surface area contributed by atoms with Crippen molar-refractivity contribution >= 4 is 16.5 Å². The molecule has 1 aromatic rings. The maximum absolute atomic E-state index is 12.3. The fraction of sp³-hybridized carbons (Fsp3) is 0.533. The lowest BCUT2D eigenvalue weighted by Gasteiger charge is -2.42. The highest BCUT2D eigenvalue weighted by Crippen LogP contribution is 2.31. The van der Waals surface area contributed by atoms with Gasteiger partial charge in [0.2, 0.25) is 0 Å². The highest BCUT2D eigenvalue weighted by Gasteiger charge is 2.38. The van der Waals surface area contributed by atoms with E-state index in [-0.39, 0.29) is 4.75 Å². The smallest absolute Gasteiger partial charge is 0.0991 e. The molecule has 1 unspecified atom stereocenters. The Morgan fingerprint density at radius 2 is 1.95 bits per heavy atom. The first-order valence-electron chi connectivity index (χ1n) is 6.79. The van der Waals surface area contributed by atoms with E-state index < -0.39 is 10.8 Å². The second-order valence-electron chi connectivity index (χ2n) is 5.02. The number of nitriles is 1. The van der Waals surface area contributed by atoms with Gasteiger partial charge in [0.1, 0.15) is 0 Å². The average molecular weight is 276 g/mol. The van der Waals surface area contributed by atoms with Gasteiger partial charge >= 0.3 is 0 Å². The first kappa shape index (κ1) is 14.1. The zero-order chi connectivity index (χ0) is 13.9. The van der Waals surface area contributed by atoms with E-state index in [0.29, 0.717) is 5.56 Å². The molecule has 0 saturated carbocycles. The molecule has 0 amide bonds. The van der Waals surface area contributed by atoms with Crippen molar-refractivity contribution in [3.05, 3.63) is 29.8 Å². The van der Waals surface area contributed by atoms with Crippen LogP contribution in [-0.2, 0) is 10.8 Å². The normalized spacial score (nSPS) is 21.9. The molecule has 0 spiro atoms. The Morgan fingerprint density at radius 1 is 1.32 bits per heavy atom. The van der Waals surface area contributed by atoms with Crippen LogP contribution in [0.2, 0.25) is 0 Å². The number of benzene rings is 1. The summed E-state index contributed by atoms with van der Waals surface area (Å²) in [6.07, 6.45) is 1.89. The molecule has 1 atom stereocenters. The van der Waals surface area contributed by atoms with Gasteiger partial charge in [0.25, 0.3) is 0 Å². The Hall–Kier alpha value is -1.34. The van der Waals surface area contributed by atoms with Crippen LogP contribution in [0.1, 0.15) is 32.3 Å². The van der Waals surface area contributed by atoms with Gasteiger partial charge in [-0.3, -0.25) is 4.21 Å². The summed E-state index contributed by atoms with van der Waals surface area (Å²) in [6.45, 7) is 5.94. The van der Waals surface area contributed by atoms with Crippen molar-refractivity contribution < 1.29 is 4.21 Å². The van der Waals surface area contributed by atoms with Gasteiger partial charge < -0.3 is 4.90 Å². The summed E-state index contributed by atoms with van der Waals surface area (Å²) in [5.41, 5.74) is 1.81. The van der Waals surface area contributed by atoms with Gasteiger partial charge in [0, 0.05) is 35.3 Å². The number of hydrogen-bond donors (Lipinski definition) is 0. The number of rotatable bonds is 3. The molecule has 19 heavy (non-hydrogen) atoms. The zero-order valence-electron chi connectivity index (χ0n) is 11.6. The third-order valence-corrected chi connectivity index (χ3v) is 6.38. The SMILES string of the molecule is CCC1(CC)CN(c2ccc(C#N)cc2)CCS1=O. The van der Waals surface area contributed by atoms with E-state index in [2.05, 4.69) is 24.8 Å². The van der Waals surface area contributed by atoms with Crippen LogP contribution in [0.3, 0.4) is 0 Å². The van der Waals surface area contributed by atoms with E-state index in [1.165, 1.54) is 0 Å². The Balaban J connectivity index is 2.22. The standard InChI is InChI=1S/C15H20N2OS/c1-3-15(4-2)12-17(9-10-19(15)18)14-7-5-13(11-16)6-8-14/h5-8H,3-4,9-10,12H2,1-2H3. The zero-order valence-corrected chi connectivity index (χ0v) is 12.4. The maximum atomic E-state index is 12.3. The van der Waals surface area contributed by atoms with Gasteiger partial charge in [0.15, 0.2) is 0 Å². The molecule has 0 aromatic heterocycles. The molecule has 1 heterocycles. The molecule has 3 nitrogen and oxygen atoms in total. The first-order chi connectivity index (χ1) is 9.15. The lowest BCUT2D eigenvalue weighted by molar-refractivity contribution is 0.496. The third kappa shape index (κ3) is 2.66. The molecule has 1 saturated heterocycles. The van der Waals surface area contributed by atoms with Crippen LogP contribution in [0.4, 0.5) is 5.69 Å². The van der Waals surface area contributed by atoms with Crippen molar-refractivity contribution in [1.82, 2.24) is 0 Å². The molecule has 1 aliphatic heterocycles. The predicted octanol–water partition coefficient (Wildman–Crippen LogP) is 2.69. The Labute approximate surface area is 117 Å².